The second kappa shape index (κ2) is 15.7. The molecule has 0 radical (unpaired) electrons. The van der Waals surface area contributed by atoms with Gasteiger partial charge in [-0.25, -0.2) is 0 Å². The smallest absolute Gasteiger partial charge is 0.0870 e. The Morgan fingerprint density at radius 3 is 0.900 bits per heavy atom. The Hall–Kier alpha value is -1.22. The number of carboxylic acids is 2. The zero-order valence-corrected chi connectivity index (χ0v) is 4.79. The summed E-state index contributed by atoms with van der Waals surface area (Å²) in [7, 11) is 0. The summed E-state index contributed by atoms with van der Waals surface area (Å²) >= 11 is 0. The van der Waals surface area contributed by atoms with Crippen molar-refractivity contribution in [2.45, 2.75) is 0 Å². The first-order valence-electron chi connectivity index (χ1n) is 1.07. The Morgan fingerprint density at radius 1 is 0.800 bits per heavy atom. The Kier molecular flexibility index (Phi) is 58.2. The van der Waals surface area contributed by atoms with Gasteiger partial charge in [-0.3, -0.25) is 0 Å². The predicted molar refractivity (Wildman–Crippen MR) is 27.0 cm³/mol. The van der Waals surface area contributed by atoms with Crippen LogP contribution in [0.2, 0.25) is 0 Å². The minimum atomic E-state index is -2.19. The van der Waals surface area contributed by atoms with Crippen molar-refractivity contribution in [3.05, 3.63) is 0 Å². The molecule has 8 heteroatoms. The van der Waals surface area contributed by atoms with Crippen LogP contribution in [0.25, 0.3) is 0 Å². The minimum absolute atomic E-state index is 0. The van der Waals surface area contributed by atoms with Gasteiger partial charge in [-0.1, -0.05) is 0 Å². The Bertz CT molecular complexity index is 73.3. The molecule has 10 N–H and O–H groups in total. The van der Waals surface area contributed by atoms with E-state index in [0.717, 1.165) is 0 Å². The van der Waals surface area contributed by atoms with Crippen molar-refractivity contribution in [1.82, 2.24) is 0 Å². The lowest BCUT2D eigenvalue weighted by atomic mass is 10.7. The first kappa shape index (κ1) is 37.2. The highest BCUT2D eigenvalue weighted by Crippen LogP contribution is 1.41. The molecule has 0 amide bonds. The fourth-order valence-electron chi connectivity index (χ4n) is 0. The lowest BCUT2D eigenvalue weighted by Crippen LogP contribution is -2.42. The van der Waals surface area contributed by atoms with Crippen LogP contribution in [-0.2, 0) is 20.5 Å². The second-order valence-electron chi connectivity index (χ2n) is 0.575. The van der Waals surface area contributed by atoms with Crippen molar-refractivity contribution in [1.29, 1.82) is 0 Å². The molecule has 0 aliphatic heterocycles. The van der Waals surface area contributed by atoms with Crippen LogP contribution in [0.1, 0.15) is 0 Å². The van der Waals surface area contributed by atoms with Gasteiger partial charge in [0.15, 0.2) is 0 Å². The van der Waals surface area contributed by atoms with Gasteiger partial charge in [-0.05, 0) is 0 Å². The molecule has 0 saturated heterocycles. The molecule has 0 aromatic heterocycles. The van der Waals surface area contributed by atoms with Crippen LogP contribution in [0.5, 0.6) is 0 Å². The van der Waals surface area contributed by atoms with Gasteiger partial charge in [0.1, 0.15) is 0 Å². The molecule has 0 unspecified atom stereocenters. The number of hydrogen-bond acceptors (Lipinski definition) is 4. The van der Waals surface area contributed by atoms with Gasteiger partial charge in [-0.2, -0.15) is 0 Å². The lowest BCUT2D eigenvalue weighted by Gasteiger charge is -1.97. The van der Waals surface area contributed by atoms with E-state index in [1.807, 2.05) is 0 Å². The molecular weight excluding hydrogens is 152 g/mol. The first-order chi connectivity index (χ1) is 2.64. The third kappa shape index (κ3) is 29.3. The molecule has 0 heterocycles. The van der Waals surface area contributed by atoms with Gasteiger partial charge in [0, 0.05) is 0 Å². The van der Waals surface area contributed by atoms with Crippen molar-refractivity contribution in [2.24, 2.45) is 0 Å². The normalized spacial score (nSPS) is 4.40. The third-order valence-corrected chi connectivity index (χ3v) is 0.167. The second-order valence-corrected chi connectivity index (χ2v) is 0.575. The molecule has 8 nitrogen and oxygen atoms in total. The van der Waals surface area contributed by atoms with E-state index in [0.29, 0.717) is 0 Å². The summed E-state index contributed by atoms with van der Waals surface area (Å²) in [5.41, 5.74) is 0. The molecule has 0 aliphatic rings. The topological polar surface area (TPSA) is 209 Å². The number of hydrogen-bond donors (Lipinski definition) is 0. The summed E-state index contributed by atoms with van der Waals surface area (Å²) in [6.07, 6.45) is 0. The Balaban J connectivity index is -0.0000000208. The summed E-state index contributed by atoms with van der Waals surface area (Å²) in [6.45, 7) is 0. The fraction of sp³-hybridized carbons (Fsp3) is 0. The average Bonchev–Trinajstić information content (AvgIpc) is 1.36. The van der Waals surface area contributed by atoms with Crippen LogP contribution in [0.3, 0.4) is 0 Å². The summed E-state index contributed by atoms with van der Waals surface area (Å²) in [6, 6.07) is 0. The molecule has 0 rings (SSSR count). The summed E-state index contributed by atoms with van der Waals surface area (Å²) < 4.78 is 0. The van der Waals surface area contributed by atoms with Crippen LogP contribution in [0.4, 0.5) is 0 Å². The lowest BCUT2D eigenvalue weighted by molar-refractivity contribution is -0.345. The Morgan fingerprint density at radius 2 is 0.900 bits per heavy atom. The highest BCUT2D eigenvalue weighted by atomic mass is 16.4. The van der Waals surface area contributed by atoms with E-state index in [1.165, 1.54) is 0 Å². The number of carbonyl (C=O) groups excluding carboxylic acids is 2. The van der Waals surface area contributed by atoms with E-state index >= 15 is 0 Å². The predicted octanol–water partition coefficient (Wildman–Crippen LogP) is -7.01. The zero-order valence-electron chi connectivity index (χ0n) is 4.79. The highest BCUT2D eigenvalue weighted by Gasteiger charge is 1.74. The van der Waals surface area contributed by atoms with Gasteiger partial charge in [0.25, 0.3) is 0 Å². The van der Waals surface area contributed by atoms with Crippen molar-refractivity contribution in [3.8, 4) is 0 Å². The van der Waals surface area contributed by atoms with Crippen LogP contribution in [0, 0.1) is 0 Å². The number of carbonyl (C=O) groups is 2. The van der Waals surface area contributed by atoms with Gasteiger partial charge in [0.2, 0.25) is 0 Å². The average molecular weight is 162 g/mol. The molecular formula is C2H10O8. The van der Waals surface area contributed by atoms with E-state index in [-0.39, 0.29) is 21.9 Å². The van der Waals surface area contributed by atoms with Crippen LogP contribution >= 0.6 is 0 Å². The van der Waals surface area contributed by atoms with E-state index in [1.54, 1.807) is 0 Å². The number of carboxylic acid groups (broad SMARTS) is 2. The van der Waals surface area contributed by atoms with Crippen molar-refractivity contribution in [2.75, 3.05) is 0 Å². The van der Waals surface area contributed by atoms with Crippen LogP contribution in [0.15, 0.2) is 0 Å². The monoisotopic (exact) mass is 162 g/mol. The molecule has 0 saturated carbocycles. The van der Waals surface area contributed by atoms with Gasteiger partial charge >= 0.3 is 0 Å². The van der Waals surface area contributed by atoms with Crippen molar-refractivity contribution < 1.29 is 41.7 Å². The largest absolute Gasteiger partial charge is 0.543 e. The minimum Gasteiger partial charge on any atom is -0.543 e. The molecule has 0 aromatic rings. The SMILES string of the molecule is O.O.O=C([O-])C(=O)[O-].[OH3+].[OH3+]. The Labute approximate surface area is 54.9 Å². The van der Waals surface area contributed by atoms with Gasteiger partial charge < -0.3 is 41.7 Å². The number of aliphatic carboxylic acids is 2. The zero-order chi connectivity index (χ0) is 5.15. The standard InChI is InChI=1S/C2H2O4.4H2O/c3-1(4)2(5)6;;;;/h(H,3,4)(H,5,6);4*1H2. The van der Waals surface area contributed by atoms with E-state index in [4.69, 9.17) is 19.8 Å². The fourth-order valence-corrected chi connectivity index (χ4v) is 0. The molecule has 0 spiro atoms. The quantitative estimate of drug-likeness (QED) is 0.250. The molecule has 66 valence electrons. The summed E-state index contributed by atoms with van der Waals surface area (Å²) in [5, 5.41) is 17.9. The maximum absolute atomic E-state index is 8.93. The van der Waals surface area contributed by atoms with Crippen LogP contribution < -0.4 is 10.2 Å². The maximum atomic E-state index is 8.93. The highest BCUT2D eigenvalue weighted by molar-refractivity contribution is 6.25. The molecule has 0 bridgehead atoms. The molecule has 0 atom stereocenters. The summed E-state index contributed by atoms with van der Waals surface area (Å²) in [5.74, 6) is -4.37. The van der Waals surface area contributed by atoms with E-state index < -0.39 is 11.9 Å². The first-order valence-corrected chi connectivity index (χ1v) is 1.07. The van der Waals surface area contributed by atoms with Crippen LogP contribution in [-0.4, -0.2) is 22.9 Å². The van der Waals surface area contributed by atoms with Crippen molar-refractivity contribution in [3.63, 3.8) is 0 Å². The molecule has 10 heavy (non-hydrogen) atoms. The van der Waals surface area contributed by atoms with Gasteiger partial charge in [-0.15, -0.1) is 0 Å². The van der Waals surface area contributed by atoms with Crippen molar-refractivity contribution >= 4 is 11.9 Å². The van der Waals surface area contributed by atoms with Gasteiger partial charge in [0.05, 0.1) is 11.9 Å². The van der Waals surface area contributed by atoms with E-state index in [2.05, 4.69) is 0 Å². The van der Waals surface area contributed by atoms with E-state index in [9.17, 15) is 0 Å². The molecule has 0 fully saturated rings. The number of rotatable bonds is 0. The third-order valence-electron chi connectivity index (χ3n) is 0.167. The summed E-state index contributed by atoms with van der Waals surface area (Å²) in [4.78, 5) is 17.9. The maximum Gasteiger partial charge on any atom is 0.0870 e. The molecule has 0 aromatic carbocycles. The molecule has 0 aliphatic carbocycles.